The molecule has 24 heavy (non-hydrogen) atoms. The molecule has 0 radical (unpaired) electrons. The SMILES string of the molecule is CC1CC(Nc2ncc(C(=O)O)cn2)CCN1Cc1ccccc1. The van der Waals surface area contributed by atoms with Gasteiger partial charge in [0.2, 0.25) is 5.95 Å². The maximum atomic E-state index is 10.8. The van der Waals surface area contributed by atoms with Crippen LogP contribution >= 0.6 is 0 Å². The van der Waals surface area contributed by atoms with Gasteiger partial charge >= 0.3 is 5.97 Å². The predicted octanol–water partition coefficient (Wildman–Crippen LogP) is 2.64. The molecule has 1 aliphatic rings. The molecule has 6 heteroatoms. The molecule has 6 nitrogen and oxygen atoms in total. The summed E-state index contributed by atoms with van der Waals surface area (Å²) >= 11 is 0. The van der Waals surface area contributed by atoms with Gasteiger partial charge in [-0.05, 0) is 25.3 Å². The van der Waals surface area contributed by atoms with Gasteiger partial charge in [0.25, 0.3) is 0 Å². The second kappa shape index (κ2) is 7.40. The molecule has 1 fully saturated rings. The highest BCUT2D eigenvalue weighted by molar-refractivity contribution is 5.86. The molecule has 2 aromatic rings. The lowest BCUT2D eigenvalue weighted by Crippen LogP contribution is -2.44. The highest BCUT2D eigenvalue weighted by Gasteiger charge is 2.25. The number of aromatic carboxylic acids is 1. The van der Waals surface area contributed by atoms with E-state index in [0.29, 0.717) is 18.0 Å². The van der Waals surface area contributed by atoms with Crippen molar-refractivity contribution in [2.24, 2.45) is 0 Å². The van der Waals surface area contributed by atoms with Crippen LogP contribution in [0.25, 0.3) is 0 Å². The predicted molar refractivity (Wildman–Crippen MR) is 92.0 cm³/mol. The third-order valence-electron chi connectivity index (χ3n) is 4.47. The van der Waals surface area contributed by atoms with E-state index in [1.807, 2.05) is 6.07 Å². The molecule has 0 aliphatic carbocycles. The maximum Gasteiger partial charge on any atom is 0.338 e. The summed E-state index contributed by atoms with van der Waals surface area (Å²) in [6.45, 7) is 4.23. The second-order valence-electron chi connectivity index (χ2n) is 6.27. The Morgan fingerprint density at radius 1 is 1.29 bits per heavy atom. The van der Waals surface area contributed by atoms with Gasteiger partial charge < -0.3 is 10.4 Å². The van der Waals surface area contributed by atoms with Crippen LogP contribution in [0.4, 0.5) is 5.95 Å². The molecule has 0 bridgehead atoms. The minimum Gasteiger partial charge on any atom is -0.478 e. The van der Waals surface area contributed by atoms with E-state index in [0.717, 1.165) is 25.9 Å². The lowest BCUT2D eigenvalue weighted by atomic mass is 9.97. The van der Waals surface area contributed by atoms with Crippen LogP contribution in [0.1, 0.15) is 35.7 Å². The van der Waals surface area contributed by atoms with Gasteiger partial charge in [-0.1, -0.05) is 30.3 Å². The smallest absolute Gasteiger partial charge is 0.338 e. The molecule has 0 spiro atoms. The number of nitrogens with zero attached hydrogens (tertiary/aromatic N) is 3. The third-order valence-corrected chi connectivity index (χ3v) is 4.47. The molecule has 2 unspecified atom stereocenters. The standard InChI is InChI=1S/C18H22N4O2/c1-13-9-16(21-18-19-10-15(11-20-18)17(23)24)7-8-22(13)12-14-5-3-2-4-6-14/h2-6,10-11,13,16H,7-9,12H2,1H3,(H,23,24)(H,19,20,21). The molecule has 2 atom stereocenters. The molecule has 0 amide bonds. The maximum absolute atomic E-state index is 10.8. The first kappa shape index (κ1) is 16.4. The zero-order valence-electron chi connectivity index (χ0n) is 13.7. The van der Waals surface area contributed by atoms with Crippen LogP contribution in [0.3, 0.4) is 0 Å². The molecule has 3 rings (SSSR count). The van der Waals surface area contributed by atoms with E-state index in [1.54, 1.807) is 0 Å². The lowest BCUT2D eigenvalue weighted by molar-refractivity contribution is 0.0696. The Morgan fingerprint density at radius 3 is 2.62 bits per heavy atom. The minimum atomic E-state index is -1.01. The van der Waals surface area contributed by atoms with Crippen LogP contribution in [0.15, 0.2) is 42.7 Å². The van der Waals surface area contributed by atoms with Gasteiger partial charge in [0.05, 0.1) is 5.56 Å². The highest BCUT2D eigenvalue weighted by atomic mass is 16.4. The summed E-state index contributed by atoms with van der Waals surface area (Å²) in [6, 6.07) is 11.3. The number of carboxylic acid groups (broad SMARTS) is 1. The van der Waals surface area contributed by atoms with E-state index >= 15 is 0 Å². The molecular weight excluding hydrogens is 304 g/mol. The van der Waals surface area contributed by atoms with Crippen molar-refractivity contribution in [1.29, 1.82) is 0 Å². The minimum absolute atomic E-state index is 0.103. The summed E-state index contributed by atoms with van der Waals surface area (Å²) in [5, 5.41) is 12.2. The fraction of sp³-hybridized carbons (Fsp3) is 0.389. The zero-order chi connectivity index (χ0) is 16.9. The molecule has 2 heterocycles. The number of carboxylic acids is 1. The zero-order valence-corrected chi connectivity index (χ0v) is 13.7. The van der Waals surface area contributed by atoms with Crippen molar-refractivity contribution in [3.8, 4) is 0 Å². The van der Waals surface area contributed by atoms with Crippen molar-refractivity contribution < 1.29 is 9.90 Å². The number of piperidine rings is 1. The van der Waals surface area contributed by atoms with Gasteiger partial charge in [0, 0.05) is 37.6 Å². The summed E-state index contributed by atoms with van der Waals surface area (Å²) in [7, 11) is 0. The van der Waals surface area contributed by atoms with E-state index in [-0.39, 0.29) is 5.56 Å². The Hall–Kier alpha value is -2.47. The van der Waals surface area contributed by atoms with Crippen LogP contribution in [0.5, 0.6) is 0 Å². The highest BCUT2D eigenvalue weighted by Crippen LogP contribution is 2.21. The van der Waals surface area contributed by atoms with Gasteiger partial charge in [-0.3, -0.25) is 4.90 Å². The number of aromatic nitrogens is 2. The molecule has 1 aliphatic heterocycles. The Balaban J connectivity index is 1.54. The van der Waals surface area contributed by atoms with Gasteiger partial charge in [-0.15, -0.1) is 0 Å². The van der Waals surface area contributed by atoms with Crippen LogP contribution in [0.2, 0.25) is 0 Å². The summed E-state index contributed by atoms with van der Waals surface area (Å²) in [6.07, 6.45) is 4.70. The lowest BCUT2D eigenvalue weighted by Gasteiger charge is -2.38. The normalized spacial score (nSPS) is 21.4. The second-order valence-corrected chi connectivity index (χ2v) is 6.27. The van der Waals surface area contributed by atoms with E-state index in [2.05, 4.69) is 51.4 Å². The van der Waals surface area contributed by atoms with Crippen molar-refractivity contribution in [2.45, 2.75) is 38.4 Å². The van der Waals surface area contributed by atoms with Gasteiger partial charge in [0.1, 0.15) is 0 Å². The van der Waals surface area contributed by atoms with E-state index in [4.69, 9.17) is 5.11 Å². The third kappa shape index (κ3) is 4.08. The fourth-order valence-corrected chi connectivity index (χ4v) is 3.10. The average Bonchev–Trinajstić information content (AvgIpc) is 2.59. The van der Waals surface area contributed by atoms with Crippen LogP contribution < -0.4 is 5.32 Å². The van der Waals surface area contributed by atoms with Crippen molar-refractivity contribution in [1.82, 2.24) is 14.9 Å². The number of anilines is 1. The molecule has 2 N–H and O–H groups in total. The number of hydrogen-bond donors (Lipinski definition) is 2. The van der Waals surface area contributed by atoms with Gasteiger partial charge in [-0.2, -0.15) is 0 Å². The molecule has 1 aromatic heterocycles. The average molecular weight is 326 g/mol. The van der Waals surface area contributed by atoms with Gasteiger partial charge in [-0.25, -0.2) is 14.8 Å². The van der Waals surface area contributed by atoms with E-state index in [9.17, 15) is 4.79 Å². The van der Waals surface area contributed by atoms with Crippen molar-refractivity contribution in [3.05, 3.63) is 53.9 Å². The summed E-state index contributed by atoms with van der Waals surface area (Å²) in [5.74, 6) is -0.516. The number of hydrogen-bond acceptors (Lipinski definition) is 5. The Bertz CT molecular complexity index is 675. The van der Waals surface area contributed by atoms with Crippen LogP contribution in [-0.4, -0.2) is 44.6 Å². The largest absolute Gasteiger partial charge is 0.478 e. The van der Waals surface area contributed by atoms with Crippen molar-refractivity contribution >= 4 is 11.9 Å². The van der Waals surface area contributed by atoms with Crippen molar-refractivity contribution in [2.75, 3.05) is 11.9 Å². The Kier molecular flexibility index (Phi) is 5.05. The number of likely N-dealkylation sites (tertiary alicyclic amines) is 1. The van der Waals surface area contributed by atoms with Gasteiger partial charge in [0.15, 0.2) is 0 Å². The molecule has 126 valence electrons. The number of nitrogens with one attached hydrogen (secondary N) is 1. The quantitative estimate of drug-likeness (QED) is 0.879. The van der Waals surface area contributed by atoms with Crippen LogP contribution in [0, 0.1) is 0 Å². The summed E-state index contributed by atoms with van der Waals surface area (Å²) in [5.41, 5.74) is 1.44. The van der Waals surface area contributed by atoms with E-state index in [1.165, 1.54) is 18.0 Å². The van der Waals surface area contributed by atoms with Crippen LogP contribution in [-0.2, 0) is 6.54 Å². The molecule has 1 saturated heterocycles. The number of carbonyl (C=O) groups is 1. The summed E-state index contributed by atoms with van der Waals surface area (Å²) in [4.78, 5) is 21.5. The first-order valence-corrected chi connectivity index (χ1v) is 8.21. The summed E-state index contributed by atoms with van der Waals surface area (Å²) < 4.78 is 0. The fourth-order valence-electron chi connectivity index (χ4n) is 3.10. The molecule has 1 aromatic carbocycles. The first-order valence-electron chi connectivity index (χ1n) is 8.21. The first-order chi connectivity index (χ1) is 11.6. The number of benzene rings is 1. The Labute approximate surface area is 141 Å². The molecule has 0 saturated carbocycles. The molecular formula is C18H22N4O2. The number of rotatable bonds is 5. The van der Waals surface area contributed by atoms with Crippen molar-refractivity contribution in [3.63, 3.8) is 0 Å². The Morgan fingerprint density at radius 2 is 2.00 bits per heavy atom. The monoisotopic (exact) mass is 326 g/mol. The van der Waals surface area contributed by atoms with E-state index < -0.39 is 5.97 Å². The topological polar surface area (TPSA) is 78.3 Å².